The molecule has 0 aromatic heterocycles. The van der Waals surface area contributed by atoms with E-state index in [0.29, 0.717) is 0 Å². The molecule has 0 aliphatic carbocycles. The zero-order chi connectivity index (χ0) is 8.15. The van der Waals surface area contributed by atoms with E-state index in [-0.39, 0.29) is 12.4 Å². The number of esters is 1. The van der Waals surface area contributed by atoms with Gasteiger partial charge in [0.15, 0.2) is 0 Å². The van der Waals surface area contributed by atoms with Crippen molar-refractivity contribution >= 4 is 18.4 Å². The average molecular weight is 184 g/mol. The average Bonchev–Trinajstić information content (AvgIpc) is 1.88. The highest BCUT2D eigenvalue weighted by atomic mass is 35.5. The Morgan fingerprint density at radius 2 is 2.09 bits per heavy atom. The van der Waals surface area contributed by atoms with E-state index in [2.05, 4.69) is 10.1 Å². The van der Waals surface area contributed by atoms with Gasteiger partial charge in [-0.25, -0.2) is 0 Å². The van der Waals surface area contributed by atoms with Gasteiger partial charge in [0.1, 0.15) is 6.04 Å². The van der Waals surface area contributed by atoms with E-state index in [9.17, 15) is 4.79 Å². The highest BCUT2D eigenvalue weighted by Gasteiger charge is 2.21. The number of methoxy groups -OCH3 is 1. The number of likely N-dealkylation sites (N-methyl/N-ethyl adjacent to an activating group) is 1. The second-order valence-corrected chi connectivity index (χ2v) is 2.03. The fourth-order valence-electron chi connectivity index (χ4n) is 0.683. The van der Waals surface area contributed by atoms with E-state index < -0.39 is 18.1 Å². The quantitative estimate of drug-likeness (QED) is 0.582. The van der Waals surface area contributed by atoms with E-state index >= 15 is 0 Å². The number of carbonyl (C=O) groups excluding carboxylic acids is 1. The Labute approximate surface area is 72.3 Å². The van der Waals surface area contributed by atoms with Gasteiger partial charge in [0.2, 0.25) is 0 Å². The van der Waals surface area contributed by atoms with Crippen LogP contribution in [0.2, 0.25) is 0 Å². The number of rotatable bonds is 3. The number of aliphatic hydroxyl groups is 1. The molecule has 0 aromatic carbocycles. The smallest absolute Gasteiger partial charge is 0.325 e. The molecule has 0 rings (SSSR count). The highest BCUT2D eigenvalue weighted by Crippen LogP contribution is 1.93. The Hall–Kier alpha value is -0.320. The summed E-state index contributed by atoms with van der Waals surface area (Å²) in [5.74, 6) is -0.447. The first kappa shape index (κ1) is 13.3. The van der Waals surface area contributed by atoms with Crippen molar-refractivity contribution in [2.24, 2.45) is 0 Å². The molecule has 0 aromatic rings. The largest absolute Gasteiger partial charge is 0.468 e. The van der Waals surface area contributed by atoms with Gasteiger partial charge in [-0.1, -0.05) is 0 Å². The van der Waals surface area contributed by atoms with Crippen molar-refractivity contribution in [3.8, 4) is 0 Å². The Morgan fingerprint density at radius 1 is 1.64 bits per heavy atom. The Bertz CT molecular complexity index is 118. The Balaban J connectivity index is 0. The number of hydrogen-bond acceptors (Lipinski definition) is 4. The highest BCUT2D eigenvalue weighted by molar-refractivity contribution is 5.85. The SMILES string of the molecule is CN[C@H](C(=O)OC)[C@@H](C)O.Cl. The molecule has 11 heavy (non-hydrogen) atoms. The van der Waals surface area contributed by atoms with Crippen molar-refractivity contribution in [1.29, 1.82) is 0 Å². The van der Waals surface area contributed by atoms with Gasteiger partial charge in [-0.2, -0.15) is 0 Å². The molecule has 0 radical (unpaired) electrons. The number of aliphatic hydroxyl groups excluding tert-OH is 1. The standard InChI is InChI=1S/C6H13NO3.ClH/c1-4(8)5(7-2)6(9)10-3;/h4-5,7-8H,1-3H3;1H/t4-,5+;/m1./s1. The van der Waals surface area contributed by atoms with Gasteiger partial charge in [0.05, 0.1) is 13.2 Å². The lowest BCUT2D eigenvalue weighted by Crippen LogP contribution is -2.43. The number of carbonyl (C=O) groups is 1. The van der Waals surface area contributed by atoms with Gasteiger partial charge >= 0.3 is 5.97 Å². The van der Waals surface area contributed by atoms with Crippen LogP contribution in [-0.2, 0) is 9.53 Å². The second kappa shape index (κ2) is 6.39. The van der Waals surface area contributed by atoms with Crippen molar-refractivity contribution in [2.75, 3.05) is 14.2 Å². The van der Waals surface area contributed by atoms with E-state index in [1.54, 1.807) is 7.05 Å². The Kier molecular flexibility index (Phi) is 7.72. The van der Waals surface area contributed by atoms with E-state index in [4.69, 9.17) is 5.11 Å². The molecule has 2 atom stereocenters. The maximum absolute atomic E-state index is 10.7. The first-order chi connectivity index (χ1) is 4.63. The van der Waals surface area contributed by atoms with E-state index in [0.717, 1.165) is 0 Å². The number of nitrogens with one attached hydrogen (secondary N) is 1. The third-order valence-electron chi connectivity index (χ3n) is 1.25. The van der Waals surface area contributed by atoms with Gasteiger partial charge in [0.25, 0.3) is 0 Å². The lowest BCUT2D eigenvalue weighted by Gasteiger charge is -2.15. The summed E-state index contributed by atoms with van der Waals surface area (Å²) < 4.78 is 4.40. The fourth-order valence-corrected chi connectivity index (χ4v) is 0.683. The molecular weight excluding hydrogens is 170 g/mol. The Morgan fingerprint density at radius 3 is 2.18 bits per heavy atom. The molecule has 68 valence electrons. The summed E-state index contributed by atoms with van der Waals surface area (Å²) in [5.41, 5.74) is 0. The van der Waals surface area contributed by atoms with Crippen LogP contribution < -0.4 is 5.32 Å². The van der Waals surface area contributed by atoms with Crippen molar-refractivity contribution in [2.45, 2.75) is 19.1 Å². The zero-order valence-electron chi connectivity index (χ0n) is 6.83. The molecule has 0 aliphatic rings. The summed E-state index contributed by atoms with van der Waals surface area (Å²) in [4.78, 5) is 10.7. The van der Waals surface area contributed by atoms with E-state index in [1.807, 2.05) is 0 Å². The lowest BCUT2D eigenvalue weighted by molar-refractivity contribution is -0.145. The third-order valence-corrected chi connectivity index (χ3v) is 1.25. The van der Waals surface area contributed by atoms with Crippen LogP contribution >= 0.6 is 12.4 Å². The summed E-state index contributed by atoms with van der Waals surface area (Å²) in [7, 11) is 2.88. The molecule has 4 nitrogen and oxygen atoms in total. The first-order valence-electron chi connectivity index (χ1n) is 3.06. The van der Waals surface area contributed by atoms with Crippen LogP contribution in [0.25, 0.3) is 0 Å². The third kappa shape index (κ3) is 4.19. The predicted octanol–water partition coefficient (Wildman–Crippen LogP) is -0.450. The molecular formula is C6H14ClNO3. The van der Waals surface area contributed by atoms with Gasteiger partial charge in [-0.3, -0.25) is 4.79 Å². The van der Waals surface area contributed by atoms with Gasteiger partial charge in [-0.05, 0) is 14.0 Å². The van der Waals surface area contributed by atoms with Crippen molar-refractivity contribution in [1.82, 2.24) is 5.32 Å². The maximum Gasteiger partial charge on any atom is 0.325 e. The van der Waals surface area contributed by atoms with Gasteiger partial charge in [0, 0.05) is 0 Å². The van der Waals surface area contributed by atoms with Crippen LogP contribution in [0.3, 0.4) is 0 Å². The molecule has 0 unspecified atom stereocenters. The van der Waals surface area contributed by atoms with Crippen LogP contribution in [-0.4, -0.2) is 37.4 Å². The van der Waals surface area contributed by atoms with Gasteiger partial charge < -0.3 is 15.2 Å². The van der Waals surface area contributed by atoms with Crippen molar-refractivity contribution < 1.29 is 14.6 Å². The molecule has 0 heterocycles. The molecule has 5 heteroatoms. The molecule has 0 fully saturated rings. The zero-order valence-corrected chi connectivity index (χ0v) is 7.64. The predicted molar refractivity (Wildman–Crippen MR) is 43.8 cm³/mol. The van der Waals surface area contributed by atoms with Crippen molar-refractivity contribution in [3.63, 3.8) is 0 Å². The van der Waals surface area contributed by atoms with Crippen LogP contribution in [0.4, 0.5) is 0 Å². The topological polar surface area (TPSA) is 58.6 Å². The summed E-state index contributed by atoms with van der Waals surface area (Å²) >= 11 is 0. The minimum Gasteiger partial charge on any atom is -0.468 e. The summed E-state index contributed by atoms with van der Waals surface area (Å²) in [6.07, 6.45) is -0.725. The number of hydrogen-bond donors (Lipinski definition) is 2. The van der Waals surface area contributed by atoms with Gasteiger partial charge in [-0.15, -0.1) is 12.4 Å². The normalized spacial score (nSPS) is 14.5. The number of halogens is 1. The minimum absolute atomic E-state index is 0. The second-order valence-electron chi connectivity index (χ2n) is 2.03. The lowest BCUT2D eigenvalue weighted by atomic mass is 10.2. The summed E-state index contributed by atoms with van der Waals surface area (Å²) in [5, 5.41) is 11.6. The molecule has 0 aliphatic heterocycles. The molecule has 0 saturated heterocycles. The maximum atomic E-state index is 10.7. The molecule has 0 saturated carbocycles. The minimum atomic E-state index is -0.725. The summed E-state index contributed by atoms with van der Waals surface area (Å²) in [6.45, 7) is 1.53. The van der Waals surface area contributed by atoms with Crippen LogP contribution in [0.15, 0.2) is 0 Å². The fraction of sp³-hybridized carbons (Fsp3) is 0.833. The van der Waals surface area contributed by atoms with Crippen LogP contribution in [0.5, 0.6) is 0 Å². The molecule has 0 bridgehead atoms. The van der Waals surface area contributed by atoms with Crippen molar-refractivity contribution in [3.05, 3.63) is 0 Å². The summed E-state index contributed by atoms with van der Waals surface area (Å²) in [6, 6.07) is -0.620. The van der Waals surface area contributed by atoms with E-state index in [1.165, 1.54) is 14.0 Å². The number of ether oxygens (including phenoxy) is 1. The van der Waals surface area contributed by atoms with Crippen LogP contribution in [0.1, 0.15) is 6.92 Å². The monoisotopic (exact) mass is 183 g/mol. The first-order valence-corrected chi connectivity index (χ1v) is 3.06. The molecule has 0 amide bonds. The molecule has 0 spiro atoms. The van der Waals surface area contributed by atoms with Crippen LogP contribution in [0, 0.1) is 0 Å². The molecule has 2 N–H and O–H groups in total.